The topological polar surface area (TPSA) is 40.6 Å². The molecular weight excluding hydrogens is 264 g/mol. The smallest absolute Gasteiger partial charge is 0.228 e. The van der Waals surface area contributed by atoms with Crippen LogP contribution in [-0.4, -0.2) is 36.3 Å². The Morgan fingerprint density at radius 3 is 2.67 bits per heavy atom. The molecule has 21 heavy (non-hydrogen) atoms. The Bertz CT molecular complexity index is 529. The summed E-state index contributed by atoms with van der Waals surface area (Å²) in [4.78, 5) is 28.5. The van der Waals surface area contributed by atoms with Crippen molar-refractivity contribution >= 4 is 17.5 Å². The average molecular weight is 286 g/mol. The van der Waals surface area contributed by atoms with Crippen molar-refractivity contribution in [1.29, 1.82) is 0 Å². The molecule has 2 saturated heterocycles. The van der Waals surface area contributed by atoms with Gasteiger partial charge in [-0.15, -0.1) is 0 Å². The van der Waals surface area contributed by atoms with Crippen molar-refractivity contribution in [2.75, 3.05) is 24.5 Å². The third-order valence-corrected chi connectivity index (χ3v) is 4.51. The number of rotatable bonds is 2. The van der Waals surface area contributed by atoms with E-state index < -0.39 is 0 Å². The maximum atomic E-state index is 12.6. The number of carbonyl (C=O) groups is 2. The second-order valence-corrected chi connectivity index (χ2v) is 6.27. The van der Waals surface area contributed by atoms with Crippen molar-refractivity contribution in [3.05, 3.63) is 30.3 Å². The number of hydrogen-bond donors (Lipinski definition) is 0. The van der Waals surface area contributed by atoms with E-state index in [-0.39, 0.29) is 17.7 Å². The van der Waals surface area contributed by atoms with Crippen LogP contribution in [0.1, 0.15) is 26.2 Å². The maximum absolute atomic E-state index is 12.6. The highest BCUT2D eigenvalue weighted by Gasteiger charge is 2.37. The molecule has 0 aliphatic carbocycles. The monoisotopic (exact) mass is 286 g/mol. The second kappa shape index (κ2) is 5.88. The van der Waals surface area contributed by atoms with E-state index in [4.69, 9.17) is 0 Å². The van der Waals surface area contributed by atoms with Gasteiger partial charge in [0.25, 0.3) is 0 Å². The molecule has 1 aromatic carbocycles. The highest BCUT2D eigenvalue weighted by molar-refractivity contribution is 6.00. The molecule has 1 aromatic rings. The van der Waals surface area contributed by atoms with Crippen LogP contribution in [0.4, 0.5) is 5.69 Å². The van der Waals surface area contributed by atoms with Crippen molar-refractivity contribution < 1.29 is 9.59 Å². The fourth-order valence-electron chi connectivity index (χ4n) is 3.38. The number of benzene rings is 1. The van der Waals surface area contributed by atoms with Crippen LogP contribution in [0.5, 0.6) is 0 Å². The highest BCUT2D eigenvalue weighted by atomic mass is 16.2. The molecule has 0 spiro atoms. The van der Waals surface area contributed by atoms with Crippen LogP contribution in [0.25, 0.3) is 0 Å². The summed E-state index contributed by atoms with van der Waals surface area (Å²) in [6.45, 7) is 4.40. The van der Waals surface area contributed by atoms with Crippen molar-refractivity contribution in [3.8, 4) is 0 Å². The number of amides is 2. The number of likely N-dealkylation sites (tertiary alicyclic amines) is 1. The van der Waals surface area contributed by atoms with Crippen LogP contribution in [0, 0.1) is 11.8 Å². The van der Waals surface area contributed by atoms with Gasteiger partial charge in [0.05, 0.1) is 5.92 Å². The predicted molar refractivity (Wildman–Crippen MR) is 81.9 cm³/mol. The van der Waals surface area contributed by atoms with E-state index in [0.29, 0.717) is 18.9 Å². The Hall–Kier alpha value is -1.84. The number of nitrogens with zero attached hydrogens (tertiary/aromatic N) is 2. The SMILES string of the molecule is C[C@H]1CCCN(C(=O)[C@@H]2CC(=O)N(c3ccccc3)C2)C1. The molecule has 2 aliphatic rings. The highest BCUT2D eigenvalue weighted by Crippen LogP contribution is 2.27. The van der Waals surface area contributed by atoms with Crippen molar-refractivity contribution in [3.63, 3.8) is 0 Å². The first kappa shape index (κ1) is 14.1. The zero-order valence-corrected chi connectivity index (χ0v) is 12.5. The van der Waals surface area contributed by atoms with Gasteiger partial charge in [0.2, 0.25) is 11.8 Å². The normalized spacial score (nSPS) is 26.2. The van der Waals surface area contributed by atoms with Crippen LogP contribution in [-0.2, 0) is 9.59 Å². The summed E-state index contributed by atoms with van der Waals surface area (Å²) in [7, 11) is 0. The van der Waals surface area contributed by atoms with Gasteiger partial charge < -0.3 is 9.80 Å². The third kappa shape index (κ3) is 2.94. The molecule has 4 heteroatoms. The Kier molecular flexibility index (Phi) is 3.95. The quantitative estimate of drug-likeness (QED) is 0.837. The van der Waals surface area contributed by atoms with Gasteiger partial charge in [-0.25, -0.2) is 0 Å². The zero-order chi connectivity index (χ0) is 14.8. The summed E-state index contributed by atoms with van der Waals surface area (Å²) in [5.41, 5.74) is 0.893. The second-order valence-electron chi connectivity index (χ2n) is 6.27. The van der Waals surface area contributed by atoms with Crippen LogP contribution < -0.4 is 4.90 Å². The number of piperidine rings is 1. The van der Waals surface area contributed by atoms with Gasteiger partial charge in [0, 0.05) is 31.7 Å². The van der Waals surface area contributed by atoms with Crippen molar-refractivity contribution in [1.82, 2.24) is 4.90 Å². The minimum absolute atomic E-state index is 0.0598. The van der Waals surface area contributed by atoms with E-state index in [1.165, 1.54) is 6.42 Å². The molecule has 0 N–H and O–H groups in total. The van der Waals surface area contributed by atoms with Crippen LogP contribution in [0.15, 0.2) is 30.3 Å². The van der Waals surface area contributed by atoms with Gasteiger partial charge in [-0.05, 0) is 30.9 Å². The predicted octanol–water partition coefficient (Wildman–Crippen LogP) is 2.30. The van der Waals surface area contributed by atoms with E-state index in [1.807, 2.05) is 35.2 Å². The van der Waals surface area contributed by atoms with Gasteiger partial charge in [-0.3, -0.25) is 9.59 Å². The van der Waals surface area contributed by atoms with E-state index in [1.54, 1.807) is 4.90 Å². The molecule has 0 radical (unpaired) electrons. The fraction of sp³-hybridized carbons (Fsp3) is 0.529. The number of para-hydroxylation sites is 1. The first-order valence-corrected chi connectivity index (χ1v) is 7.79. The summed E-state index contributed by atoms with van der Waals surface area (Å²) in [6, 6.07) is 9.62. The van der Waals surface area contributed by atoms with Crippen LogP contribution in [0.2, 0.25) is 0 Å². The maximum Gasteiger partial charge on any atom is 0.228 e. The lowest BCUT2D eigenvalue weighted by Gasteiger charge is -2.32. The van der Waals surface area contributed by atoms with Crippen LogP contribution in [0.3, 0.4) is 0 Å². The summed E-state index contributed by atoms with van der Waals surface area (Å²) in [6.07, 6.45) is 2.62. The average Bonchev–Trinajstić information content (AvgIpc) is 2.89. The minimum atomic E-state index is -0.178. The first-order chi connectivity index (χ1) is 10.1. The minimum Gasteiger partial charge on any atom is -0.342 e. The van der Waals surface area contributed by atoms with E-state index >= 15 is 0 Å². The largest absolute Gasteiger partial charge is 0.342 e. The first-order valence-electron chi connectivity index (χ1n) is 7.79. The molecule has 3 rings (SSSR count). The lowest BCUT2D eigenvalue weighted by molar-refractivity contribution is -0.137. The summed E-state index contributed by atoms with van der Waals surface area (Å²) >= 11 is 0. The number of anilines is 1. The molecule has 2 atom stereocenters. The van der Waals surface area contributed by atoms with Crippen LogP contribution >= 0.6 is 0 Å². The number of hydrogen-bond acceptors (Lipinski definition) is 2. The van der Waals surface area contributed by atoms with Crippen molar-refractivity contribution in [2.45, 2.75) is 26.2 Å². The molecule has 0 saturated carbocycles. The molecule has 2 aliphatic heterocycles. The van der Waals surface area contributed by atoms with Gasteiger partial charge in [-0.2, -0.15) is 0 Å². The van der Waals surface area contributed by atoms with E-state index in [2.05, 4.69) is 6.92 Å². The Labute approximate surface area is 125 Å². The summed E-state index contributed by atoms with van der Waals surface area (Å²) in [5.74, 6) is 0.617. The Morgan fingerprint density at radius 2 is 1.95 bits per heavy atom. The van der Waals surface area contributed by atoms with Gasteiger partial charge in [0.15, 0.2) is 0 Å². The lowest BCUT2D eigenvalue weighted by Crippen LogP contribution is -2.43. The third-order valence-electron chi connectivity index (χ3n) is 4.51. The zero-order valence-electron chi connectivity index (χ0n) is 12.5. The van der Waals surface area contributed by atoms with Gasteiger partial charge in [-0.1, -0.05) is 25.1 Å². The van der Waals surface area contributed by atoms with E-state index in [9.17, 15) is 9.59 Å². The molecule has 4 nitrogen and oxygen atoms in total. The van der Waals surface area contributed by atoms with Crippen molar-refractivity contribution in [2.24, 2.45) is 11.8 Å². The summed E-state index contributed by atoms with van der Waals surface area (Å²) < 4.78 is 0. The molecule has 112 valence electrons. The van der Waals surface area contributed by atoms with Gasteiger partial charge >= 0.3 is 0 Å². The fourth-order valence-corrected chi connectivity index (χ4v) is 3.38. The van der Waals surface area contributed by atoms with E-state index in [0.717, 1.165) is 25.2 Å². The molecule has 2 fully saturated rings. The summed E-state index contributed by atoms with van der Waals surface area (Å²) in [5, 5.41) is 0. The standard InChI is InChI=1S/C17H22N2O2/c1-13-6-5-9-18(11-13)17(21)14-10-16(20)19(12-14)15-7-3-2-4-8-15/h2-4,7-8,13-14H,5-6,9-12H2,1H3/t13-,14+/m0/s1. The lowest BCUT2D eigenvalue weighted by atomic mass is 9.98. The molecule has 2 heterocycles. The molecular formula is C17H22N2O2. The Morgan fingerprint density at radius 1 is 1.19 bits per heavy atom. The Balaban J connectivity index is 1.68. The van der Waals surface area contributed by atoms with Gasteiger partial charge in [0.1, 0.15) is 0 Å². The molecule has 2 amide bonds. The molecule has 0 unspecified atom stereocenters. The molecule has 0 aromatic heterocycles. The molecule has 0 bridgehead atoms. The number of carbonyl (C=O) groups excluding carboxylic acids is 2.